The first-order valence-electron chi connectivity index (χ1n) is 11.0. The second kappa shape index (κ2) is 12.0. The van der Waals surface area contributed by atoms with Crippen molar-refractivity contribution in [2.45, 2.75) is 0 Å². The van der Waals surface area contributed by atoms with E-state index in [4.69, 9.17) is 0 Å². The van der Waals surface area contributed by atoms with E-state index < -0.39 is 29.1 Å². The summed E-state index contributed by atoms with van der Waals surface area (Å²) in [5.41, 5.74) is 0. The molecule has 8 heteroatoms. The zero-order chi connectivity index (χ0) is 23.3. The topological polar surface area (TPSA) is 6.48 Å². The predicted molar refractivity (Wildman–Crippen MR) is 163 cm³/mol. The van der Waals surface area contributed by atoms with Crippen molar-refractivity contribution in [1.29, 1.82) is 0 Å². The van der Waals surface area contributed by atoms with Crippen molar-refractivity contribution in [1.82, 2.24) is 8.88 Å². The van der Waals surface area contributed by atoms with Crippen molar-refractivity contribution in [2.75, 3.05) is 14.1 Å². The molecule has 1 saturated heterocycles. The minimum atomic E-state index is -0.557. The van der Waals surface area contributed by atoms with Crippen LogP contribution in [0.15, 0.2) is 121 Å². The van der Waals surface area contributed by atoms with Crippen LogP contribution in [-0.2, 0) is 0 Å². The number of rotatable bonds is 4. The van der Waals surface area contributed by atoms with Crippen LogP contribution in [0.3, 0.4) is 0 Å². The molecule has 1 aliphatic rings. The Balaban J connectivity index is 1.64. The lowest BCUT2D eigenvalue weighted by Crippen LogP contribution is -2.23. The number of hydrogen-bond acceptors (Lipinski definition) is 4. The molecule has 2 nitrogen and oxygen atoms in total. The molecule has 1 aliphatic heterocycles. The maximum absolute atomic E-state index is 2.72. The molecule has 34 heavy (non-hydrogen) atoms. The van der Waals surface area contributed by atoms with Crippen LogP contribution >= 0.6 is 51.1 Å². The van der Waals surface area contributed by atoms with Crippen molar-refractivity contribution in [3.8, 4) is 0 Å². The van der Waals surface area contributed by atoms with Crippen molar-refractivity contribution in [3.63, 3.8) is 0 Å². The summed E-state index contributed by atoms with van der Waals surface area (Å²) in [7, 11) is 2.50. The Morgan fingerprint density at radius 2 is 0.588 bits per heavy atom. The lowest BCUT2D eigenvalue weighted by molar-refractivity contribution is 0.917. The minimum absolute atomic E-state index is 0.557. The number of hydrogen-bond donors (Lipinski definition) is 0. The van der Waals surface area contributed by atoms with Crippen LogP contribution in [0.4, 0.5) is 0 Å². The van der Waals surface area contributed by atoms with E-state index in [2.05, 4.69) is 166 Å². The van der Waals surface area contributed by atoms with Crippen LogP contribution in [0.5, 0.6) is 0 Å². The SMILES string of the molecule is CN1P(c2ccccc2)SP(c2ccccc2)N(C)[P@](c2ccccc2)S[P@]1c1ccccc1. The fraction of sp³-hybridized carbons (Fsp3) is 0.0769. The van der Waals surface area contributed by atoms with E-state index in [1.165, 1.54) is 21.2 Å². The molecule has 0 bridgehead atoms. The quantitative estimate of drug-likeness (QED) is 0.237. The van der Waals surface area contributed by atoms with Gasteiger partial charge in [-0.05, 0) is 14.1 Å². The summed E-state index contributed by atoms with van der Waals surface area (Å²) in [4.78, 5) is 0. The highest BCUT2D eigenvalue weighted by Crippen LogP contribution is 2.85. The van der Waals surface area contributed by atoms with Gasteiger partial charge >= 0.3 is 0 Å². The van der Waals surface area contributed by atoms with Gasteiger partial charge in [0, 0.05) is 21.2 Å². The zero-order valence-corrected chi connectivity index (χ0v) is 24.3. The predicted octanol–water partition coefficient (Wildman–Crippen LogP) is 7.88. The first-order valence-corrected chi connectivity index (χ1v) is 20.2. The van der Waals surface area contributed by atoms with Crippen LogP contribution in [-0.4, -0.2) is 23.0 Å². The molecule has 172 valence electrons. The summed E-state index contributed by atoms with van der Waals surface area (Å²) < 4.78 is 5.43. The lowest BCUT2D eigenvalue weighted by Gasteiger charge is -2.44. The Kier molecular flexibility index (Phi) is 8.76. The van der Waals surface area contributed by atoms with E-state index in [1.54, 1.807) is 0 Å². The second-order valence-corrected chi connectivity index (χ2v) is 23.3. The third-order valence-corrected chi connectivity index (χ3v) is 27.4. The first kappa shape index (κ1) is 24.9. The van der Waals surface area contributed by atoms with E-state index in [-0.39, 0.29) is 0 Å². The molecule has 0 saturated carbocycles. The van der Waals surface area contributed by atoms with E-state index in [9.17, 15) is 0 Å². The molecular weight excluding hydrogens is 528 g/mol. The third-order valence-electron chi connectivity index (χ3n) is 5.27. The van der Waals surface area contributed by atoms with Gasteiger partial charge < -0.3 is 0 Å². The molecule has 0 amide bonds. The summed E-state index contributed by atoms with van der Waals surface area (Å²) in [6, 6.07) is 44.6. The average Bonchev–Trinajstić information content (AvgIpc) is 2.90. The maximum Gasteiger partial charge on any atom is 0.0679 e. The molecule has 0 aliphatic carbocycles. The number of benzene rings is 4. The largest absolute Gasteiger partial charge is 0.238 e. The van der Waals surface area contributed by atoms with E-state index >= 15 is 0 Å². The normalized spacial score (nSPS) is 24.3. The van der Waals surface area contributed by atoms with Crippen LogP contribution in [0, 0.1) is 0 Å². The standard InChI is InChI=1S/C26H26N2P4S2/c1-27-29(23-15-7-3-8-16-23)33-31(25-19-11-5-12-20-25)28(2)32(26-21-13-6-14-22-26)34-30(27)24-17-9-4-10-18-24/h3-22H,1-2H3/t29-,30?,31+,32?. The van der Waals surface area contributed by atoms with Gasteiger partial charge in [-0.1, -0.05) is 143 Å². The number of nitrogens with zero attached hydrogens (tertiary/aromatic N) is 2. The van der Waals surface area contributed by atoms with E-state index in [0.29, 0.717) is 0 Å². The average molecular weight is 555 g/mol. The molecule has 2 unspecified atom stereocenters. The van der Waals surface area contributed by atoms with Gasteiger partial charge in [0.25, 0.3) is 0 Å². The lowest BCUT2D eigenvalue weighted by atomic mass is 10.4. The van der Waals surface area contributed by atoms with Crippen molar-refractivity contribution in [3.05, 3.63) is 121 Å². The molecule has 1 heterocycles. The van der Waals surface area contributed by atoms with Gasteiger partial charge in [0.05, 0.1) is 29.1 Å². The van der Waals surface area contributed by atoms with E-state index in [1.807, 2.05) is 0 Å². The third kappa shape index (κ3) is 5.62. The Labute approximate surface area is 215 Å². The highest BCUT2D eigenvalue weighted by atomic mass is 33.1. The van der Waals surface area contributed by atoms with Crippen LogP contribution < -0.4 is 21.2 Å². The minimum Gasteiger partial charge on any atom is -0.238 e. The molecule has 0 spiro atoms. The Morgan fingerprint density at radius 1 is 0.382 bits per heavy atom. The molecule has 4 atom stereocenters. The summed E-state index contributed by atoms with van der Waals surface area (Å²) in [5, 5.41) is 5.77. The molecule has 4 aromatic rings. The molecule has 1 fully saturated rings. The van der Waals surface area contributed by atoms with Gasteiger partial charge in [0.2, 0.25) is 0 Å². The zero-order valence-electron chi connectivity index (χ0n) is 19.0. The molecule has 5 rings (SSSR count). The van der Waals surface area contributed by atoms with Crippen LogP contribution in [0.25, 0.3) is 0 Å². The van der Waals surface area contributed by atoms with E-state index in [0.717, 1.165) is 0 Å². The fourth-order valence-corrected chi connectivity index (χ4v) is 31.7. The molecular formula is C26H26N2P4S2. The Hall–Kier alpha value is -0.780. The maximum atomic E-state index is 2.72. The summed E-state index contributed by atoms with van der Waals surface area (Å²) in [5.74, 6) is 0. The summed E-state index contributed by atoms with van der Waals surface area (Å²) in [6.45, 7) is 0. The van der Waals surface area contributed by atoms with Gasteiger partial charge in [-0.15, -0.1) is 0 Å². The Morgan fingerprint density at radius 3 is 0.794 bits per heavy atom. The van der Waals surface area contributed by atoms with Crippen molar-refractivity contribution < 1.29 is 0 Å². The van der Waals surface area contributed by atoms with Crippen LogP contribution in [0.1, 0.15) is 0 Å². The molecule has 0 aromatic heterocycles. The van der Waals surface area contributed by atoms with Gasteiger partial charge in [-0.2, -0.15) is 0 Å². The smallest absolute Gasteiger partial charge is 0.0679 e. The highest BCUT2D eigenvalue weighted by molar-refractivity contribution is 8.93. The fourth-order valence-electron chi connectivity index (χ4n) is 3.58. The summed E-state index contributed by atoms with van der Waals surface area (Å²) >= 11 is 4.37. The molecule has 4 aromatic carbocycles. The molecule has 0 radical (unpaired) electrons. The van der Waals surface area contributed by atoms with Crippen LogP contribution in [0.2, 0.25) is 0 Å². The Bertz CT molecular complexity index is 987. The van der Waals surface area contributed by atoms with Crippen molar-refractivity contribution >= 4 is 72.3 Å². The monoisotopic (exact) mass is 554 g/mol. The second-order valence-electron chi connectivity index (χ2n) is 7.58. The highest BCUT2D eigenvalue weighted by Gasteiger charge is 2.39. The van der Waals surface area contributed by atoms with Gasteiger partial charge in [0.1, 0.15) is 0 Å². The van der Waals surface area contributed by atoms with Crippen molar-refractivity contribution in [2.24, 2.45) is 0 Å². The molecule has 0 N–H and O–H groups in total. The first-order chi connectivity index (χ1) is 16.7. The van der Waals surface area contributed by atoms with Gasteiger partial charge in [0.15, 0.2) is 0 Å². The van der Waals surface area contributed by atoms with Gasteiger partial charge in [-0.25, -0.2) is 8.88 Å². The summed E-state index contributed by atoms with van der Waals surface area (Å²) in [6.07, 6.45) is 0. The van der Waals surface area contributed by atoms with Gasteiger partial charge in [-0.3, -0.25) is 0 Å².